The number of thioether (sulfide) groups is 1. The van der Waals surface area contributed by atoms with E-state index in [0.29, 0.717) is 0 Å². The number of hydrogen-bond acceptors (Lipinski definition) is 4. The molecule has 0 aromatic carbocycles. The van der Waals surface area contributed by atoms with Gasteiger partial charge in [0.1, 0.15) is 5.76 Å². The molecule has 0 bridgehead atoms. The summed E-state index contributed by atoms with van der Waals surface area (Å²) in [4.78, 5) is 4.27. The molecule has 1 unspecified atom stereocenters. The topological polar surface area (TPSA) is 62.5 Å². The normalized spacial score (nSPS) is 19.0. The van der Waals surface area contributed by atoms with E-state index >= 15 is 0 Å². The van der Waals surface area contributed by atoms with E-state index in [2.05, 4.69) is 32.5 Å². The van der Waals surface area contributed by atoms with E-state index in [0.717, 1.165) is 48.6 Å². The highest BCUT2D eigenvalue weighted by Gasteiger charge is 2.15. The van der Waals surface area contributed by atoms with Crippen LogP contribution < -0.4 is 10.6 Å². The Bertz CT molecular complexity index is 447. The fraction of sp³-hybridized carbons (Fsp3) is 0.733. The Balaban J connectivity index is 1.64. The van der Waals surface area contributed by atoms with Crippen LogP contribution in [0.15, 0.2) is 9.52 Å². The van der Waals surface area contributed by atoms with Gasteiger partial charge < -0.3 is 15.2 Å². The molecule has 1 aliphatic heterocycles. The van der Waals surface area contributed by atoms with Gasteiger partial charge in [0, 0.05) is 31.0 Å². The first-order chi connectivity index (χ1) is 10.2. The standard InChI is InChI=1S/C15H26N4OS/c1-11-14(12(2)20-19-11)7-4-8-17-15(16-3)18-10-13-6-5-9-21-13/h13H,4-10H2,1-3H3,(H2,16,17,18). The summed E-state index contributed by atoms with van der Waals surface area (Å²) >= 11 is 2.06. The van der Waals surface area contributed by atoms with Crippen molar-refractivity contribution in [1.29, 1.82) is 0 Å². The highest BCUT2D eigenvalue weighted by Crippen LogP contribution is 2.25. The molecule has 6 heteroatoms. The van der Waals surface area contributed by atoms with Gasteiger partial charge in [-0.25, -0.2) is 0 Å². The zero-order valence-electron chi connectivity index (χ0n) is 13.2. The summed E-state index contributed by atoms with van der Waals surface area (Å²) in [7, 11) is 1.82. The molecule has 5 nitrogen and oxygen atoms in total. The highest BCUT2D eigenvalue weighted by atomic mass is 32.2. The average Bonchev–Trinajstić information content (AvgIpc) is 3.10. The third-order valence-corrected chi connectivity index (χ3v) is 5.22. The Kier molecular flexibility index (Phi) is 6.42. The predicted molar refractivity (Wildman–Crippen MR) is 89.1 cm³/mol. The lowest BCUT2D eigenvalue weighted by Gasteiger charge is -2.14. The van der Waals surface area contributed by atoms with Crippen LogP contribution in [0.3, 0.4) is 0 Å². The van der Waals surface area contributed by atoms with Crippen LogP contribution >= 0.6 is 11.8 Å². The summed E-state index contributed by atoms with van der Waals surface area (Å²) in [6.07, 6.45) is 4.70. The van der Waals surface area contributed by atoms with E-state index in [4.69, 9.17) is 4.52 Å². The van der Waals surface area contributed by atoms with E-state index in [1.54, 1.807) is 0 Å². The monoisotopic (exact) mass is 310 g/mol. The van der Waals surface area contributed by atoms with Crippen molar-refractivity contribution in [3.05, 3.63) is 17.0 Å². The van der Waals surface area contributed by atoms with Crippen LogP contribution in [0.25, 0.3) is 0 Å². The summed E-state index contributed by atoms with van der Waals surface area (Å²) in [5, 5.41) is 11.5. The van der Waals surface area contributed by atoms with Gasteiger partial charge in [-0.15, -0.1) is 0 Å². The number of aromatic nitrogens is 1. The summed E-state index contributed by atoms with van der Waals surface area (Å²) in [6, 6.07) is 0. The maximum atomic E-state index is 5.18. The van der Waals surface area contributed by atoms with Crippen molar-refractivity contribution < 1.29 is 4.52 Å². The van der Waals surface area contributed by atoms with Gasteiger partial charge >= 0.3 is 0 Å². The molecule has 1 fully saturated rings. The molecule has 0 spiro atoms. The van der Waals surface area contributed by atoms with Crippen LogP contribution in [0, 0.1) is 13.8 Å². The number of guanidine groups is 1. The average molecular weight is 310 g/mol. The zero-order valence-corrected chi connectivity index (χ0v) is 14.1. The minimum absolute atomic E-state index is 0.742. The Hall–Kier alpha value is -1.17. The van der Waals surface area contributed by atoms with E-state index in [1.807, 2.05) is 20.9 Å². The number of nitrogens with zero attached hydrogens (tertiary/aromatic N) is 2. The first-order valence-corrected chi connectivity index (χ1v) is 8.73. The molecule has 0 aliphatic carbocycles. The van der Waals surface area contributed by atoms with Gasteiger partial charge in [0.2, 0.25) is 0 Å². The summed E-state index contributed by atoms with van der Waals surface area (Å²) in [5.74, 6) is 3.14. The molecule has 0 radical (unpaired) electrons. The highest BCUT2D eigenvalue weighted by molar-refractivity contribution is 8.00. The molecule has 1 saturated heterocycles. The molecule has 0 amide bonds. The third-order valence-electron chi connectivity index (χ3n) is 3.82. The van der Waals surface area contributed by atoms with Crippen molar-refractivity contribution in [2.45, 2.75) is 44.8 Å². The summed E-state index contributed by atoms with van der Waals surface area (Å²) < 4.78 is 5.18. The van der Waals surface area contributed by atoms with Crippen molar-refractivity contribution in [3.8, 4) is 0 Å². The SMILES string of the molecule is CN=C(NCCCc1c(C)noc1C)NCC1CCCS1. The van der Waals surface area contributed by atoms with E-state index in [-0.39, 0.29) is 0 Å². The zero-order chi connectivity index (χ0) is 15.1. The van der Waals surface area contributed by atoms with Crippen LogP contribution in [-0.2, 0) is 6.42 Å². The minimum atomic E-state index is 0.742. The molecule has 1 atom stereocenters. The van der Waals surface area contributed by atoms with Gasteiger partial charge in [-0.05, 0) is 45.3 Å². The second-order valence-corrected chi connectivity index (χ2v) is 6.83. The quantitative estimate of drug-likeness (QED) is 0.479. The second-order valence-electron chi connectivity index (χ2n) is 5.42. The minimum Gasteiger partial charge on any atom is -0.361 e. The first-order valence-electron chi connectivity index (χ1n) is 7.68. The molecule has 2 heterocycles. The number of rotatable bonds is 6. The van der Waals surface area contributed by atoms with Crippen molar-refractivity contribution >= 4 is 17.7 Å². The molecule has 1 aromatic rings. The third kappa shape index (κ3) is 4.95. The summed E-state index contributed by atoms with van der Waals surface area (Å²) in [5.41, 5.74) is 2.25. The Morgan fingerprint density at radius 2 is 2.29 bits per heavy atom. The van der Waals surface area contributed by atoms with E-state index in [1.165, 1.54) is 24.2 Å². The lowest BCUT2D eigenvalue weighted by Crippen LogP contribution is -2.40. The van der Waals surface area contributed by atoms with Crippen LogP contribution in [0.4, 0.5) is 0 Å². The number of aryl methyl sites for hydroxylation is 2. The number of nitrogens with one attached hydrogen (secondary N) is 2. The van der Waals surface area contributed by atoms with Crippen LogP contribution in [0.1, 0.15) is 36.3 Å². The van der Waals surface area contributed by atoms with E-state index in [9.17, 15) is 0 Å². The number of aliphatic imine (C=N–C) groups is 1. The van der Waals surface area contributed by atoms with Crippen molar-refractivity contribution in [2.75, 3.05) is 25.9 Å². The van der Waals surface area contributed by atoms with Crippen molar-refractivity contribution in [3.63, 3.8) is 0 Å². The fourth-order valence-corrected chi connectivity index (χ4v) is 3.77. The van der Waals surface area contributed by atoms with Crippen molar-refractivity contribution in [1.82, 2.24) is 15.8 Å². The fourth-order valence-electron chi connectivity index (χ4n) is 2.57. The van der Waals surface area contributed by atoms with Gasteiger partial charge in [-0.1, -0.05) is 5.16 Å². The summed E-state index contributed by atoms with van der Waals surface area (Å²) in [6.45, 7) is 5.89. The smallest absolute Gasteiger partial charge is 0.191 e. The maximum absolute atomic E-state index is 5.18. The van der Waals surface area contributed by atoms with Gasteiger partial charge in [0.05, 0.1) is 5.69 Å². The molecule has 2 N–H and O–H groups in total. The molecule has 2 rings (SSSR count). The molecular formula is C15H26N4OS. The maximum Gasteiger partial charge on any atom is 0.191 e. The molecule has 1 aliphatic rings. The van der Waals surface area contributed by atoms with Gasteiger partial charge in [-0.2, -0.15) is 11.8 Å². The molecule has 21 heavy (non-hydrogen) atoms. The van der Waals surface area contributed by atoms with Gasteiger partial charge in [0.15, 0.2) is 5.96 Å². The lowest BCUT2D eigenvalue weighted by molar-refractivity contribution is 0.392. The van der Waals surface area contributed by atoms with Crippen molar-refractivity contribution in [2.24, 2.45) is 4.99 Å². The van der Waals surface area contributed by atoms with Crippen LogP contribution in [0.5, 0.6) is 0 Å². The first kappa shape index (κ1) is 16.2. The van der Waals surface area contributed by atoms with Gasteiger partial charge in [0.25, 0.3) is 0 Å². The van der Waals surface area contributed by atoms with Gasteiger partial charge in [-0.3, -0.25) is 4.99 Å². The van der Waals surface area contributed by atoms with E-state index < -0.39 is 0 Å². The molecule has 0 saturated carbocycles. The Morgan fingerprint density at radius 3 is 2.90 bits per heavy atom. The van der Waals surface area contributed by atoms with Crippen LogP contribution in [-0.4, -0.2) is 42.3 Å². The lowest BCUT2D eigenvalue weighted by atomic mass is 10.1. The predicted octanol–water partition coefficient (Wildman–Crippen LogP) is 2.28. The number of hydrogen-bond donors (Lipinski definition) is 2. The molecule has 118 valence electrons. The Morgan fingerprint density at radius 1 is 1.43 bits per heavy atom. The Labute approximate surface area is 131 Å². The second kappa shape index (κ2) is 8.32. The largest absolute Gasteiger partial charge is 0.361 e. The van der Waals surface area contributed by atoms with Crippen LogP contribution in [0.2, 0.25) is 0 Å². The molecular weight excluding hydrogens is 284 g/mol. The molecule has 1 aromatic heterocycles.